The second kappa shape index (κ2) is 12.8. The fourth-order valence-electron chi connectivity index (χ4n) is 3.18. The van der Waals surface area contributed by atoms with Crippen LogP contribution in [0.25, 0.3) is 0 Å². The molecule has 8 nitrogen and oxygen atoms in total. The molecule has 39 heavy (non-hydrogen) atoms. The van der Waals surface area contributed by atoms with E-state index in [9.17, 15) is 40.7 Å². The van der Waals surface area contributed by atoms with Gasteiger partial charge in [0, 0.05) is 24.2 Å². The van der Waals surface area contributed by atoms with Gasteiger partial charge in [0.1, 0.15) is 11.8 Å². The van der Waals surface area contributed by atoms with Crippen molar-refractivity contribution in [3.05, 3.63) is 65.2 Å². The predicted molar refractivity (Wildman–Crippen MR) is 128 cm³/mol. The van der Waals surface area contributed by atoms with Crippen LogP contribution in [-0.4, -0.2) is 48.8 Å². The number of ether oxygens (including phenoxy) is 1. The number of halogens is 6. The molecule has 0 saturated heterocycles. The number of carbonyl (C=O) groups excluding carboxylic acids is 3. The van der Waals surface area contributed by atoms with E-state index in [4.69, 9.17) is 0 Å². The van der Waals surface area contributed by atoms with Gasteiger partial charge in [-0.3, -0.25) is 14.4 Å². The molecule has 0 fully saturated rings. The van der Waals surface area contributed by atoms with Crippen LogP contribution in [0.3, 0.4) is 0 Å². The molecule has 4 N–H and O–H groups in total. The molecule has 0 spiro atoms. The molecule has 14 heteroatoms. The zero-order valence-electron chi connectivity index (χ0n) is 21.2. The summed E-state index contributed by atoms with van der Waals surface area (Å²) < 4.78 is 79.4. The second-order valence-corrected chi connectivity index (χ2v) is 9.44. The Balaban J connectivity index is 1.97. The minimum absolute atomic E-state index is 0.0873. The zero-order chi connectivity index (χ0) is 29.4. The van der Waals surface area contributed by atoms with E-state index in [-0.39, 0.29) is 18.7 Å². The summed E-state index contributed by atoms with van der Waals surface area (Å²) in [7, 11) is 0. The molecule has 2 aromatic rings. The van der Waals surface area contributed by atoms with Gasteiger partial charge in [-0.25, -0.2) is 0 Å². The Morgan fingerprint density at radius 3 is 2.13 bits per heavy atom. The molecule has 0 radical (unpaired) electrons. The first-order valence-electron chi connectivity index (χ1n) is 11.6. The minimum atomic E-state index is -4.82. The number of amides is 3. The van der Waals surface area contributed by atoms with Crippen LogP contribution in [0.2, 0.25) is 0 Å². The van der Waals surface area contributed by atoms with Crippen LogP contribution in [0, 0.1) is 0 Å². The smallest absolute Gasteiger partial charge is 0.406 e. The Hall–Kier alpha value is -3.81. The third kappa shape index (κ3) is 11.6. The summed E-state index contributed by atoms with van der Waals surface area (Å²) in [5, 5.41) is 10.3. The van der Waals surface area contributed by atoms with Crippen molar-refractivity contribution < 1.29 is 45.5 Å². The van der Waals surface area contributed by atoms with Crippen molar-refractivity contribution in [2.45, 2.75) is 51.4 Å². The van der Waals surface area contributed by atoms with Gasteiger partial charge in [-0.2, -0.15) is 13.2 Å². The normalized spacial score (nSPS) is 12.8. The largest absolute Gasteiger partial charge is 0.573 e. The van der Waals surface area contributed by atoms with Gasteiger partial charge in [0.05, 0.1) is 12.1 Å². The van der Waals surface area contributed by atoms with Gasteiger partial charge >= 0.3 is 12.5 Å². The molecule has 2 rings (SSSR count). The van der Waals surface area contributed by atoms with Gasteiger partial charge < -0.3 is 26.0 Å². The van der Waals surface area contributed by atoms with Gasteiger partial charge in [-0.05, 0) is 56.7 Å². The maximum absolute atomic E-state index is 12.9. The van der Waals surface area contributed by atoms with Crippen LogP contribution in [-0.2, 0) is 22.3 Å². The number of rotatable bonds is 10. The number of carbonyl (C=O) groups is 3. The molecular weight excluding hydrogens is 534 g/mol. The molecule has 0 aliphatic rings. The van der Waals surface area contributed by atoms with Crippen LogP contribution in [0.4, 0.5) is 26.3 Å². The van der Waals surface area contributed by atoms with Crippen molar-refractivity contribution in [3.63, 3.8) is 0 Å². The monoisotopic (exact) mass is 562 g/mol. The van der Waals surface area contributed by atoms with Crippen molar-refractivity contribution in [1.29, 1.82) is 0 Å². The van der Waals surface area contributed by atoms with Crippen LogP contribution >= 0.6 is 0 Å². The van der Waals surface area contributed by atoms with Gasteiger partial charge in [0.25, 0.3) is 5.91 Å². The average molecular weight is 563 g/mol. The van der Waals surface area contributed by atoms with Crippen molar-refractivity contribution in [3.8, 4) is 5.75 Å². The van der Waals surface area contributed by atoms with Crippen molar-refractivity contribution in [2.24, 2.45) is 0 Å². The highest BCUT2D eigenvalue weighted by molar-refractivity contribution is 5.97. The van der Waals surface area contributed by atoms with Gasteiger partial charge in [0.15, 0.2) is 0 Å². The van der Waals surface area contributed by atoms with Crippen molar-refractivity contribution in [1.82, 2.24) is 21.3 Å². The van der Waals surface area contributed by atoms with Crippen LogP contribution in [0.15, 0.2) is 48.5 Å². The lowest BCUT2D eigenvalue weighted by atomic mass is 10.1. The molecule has 0 aromatic heterocycles. The Morgan fingerprint density at radius 2 is 1.56 bits per heavy atom. The maximum Gasteiger partial charge on any atom is 0.573 e. The fourth-order valence-corrected chi connectivity index (χ4v) is 3.18. The predicted octanol–water partition coefficient (Wildman–Crippen LogP) is 3.52. The summed E-state index contributed by atoms with van der Waals surface area (Å²) in [6.07, 6.45) is -9.47. The molecule has 0 aliphatic carbocycles. The molecular formula is C25H28F6N4O4. The van der Waals surface area contributed by atoms with E-state index in [1.807, 2.05) is 0 Å². The molecule has 0 unspecified atom stereocenters. The molecule has 1 atom stereocenters. The van der Waals surface area contributed by atoms with Crippen molar-refractivity contribution in [2.75, 3.05) is 13.1 Å². The number of hydrogen-bond donors (Lipinski definition) is 4. The standard InChI is InChI=1S/C25H28F6N4O4/c1-23(2,3)35-22(38)19(13-32-12-15-7-9-18(10-8-15)39-25(29,30)31)34-20(36)14-33-21(37)16-5-4-6-17(11-16)24(26,27)28/h4-11,19,32H,12-14H2,1-3H3,(H,33,37)(H,34,36)(H,35,38)/t19-/m0/s1. The van der Waals surface area contributed by atoms with Crippen LogP contribution in [0.1, 0.15) is 42.3 Å². The highest BCUT2D eigenvalue weighted by Crippen LogP contribution is 2.29. The minimum Gasteiger partial charge on any atom is -0.406 e. The molecule has 0 bridgehead atoms. The Bertz CT molecular complexity index is 1140. The zero-order valence-corrected chi connectivity index (χ0v) is 21.2. The second-order valence-electron chi connectivity index (χ2n) is 9.44. The van der Waals surface area contributed by atoms with E-state index in [2.05, 4.69) is 26.0 Å². The van der Waals surface area contributed by atoms with E-state index in [1.165, 1.54) is 12.1 Å². The Morgan fingerprint density at radius 1 is 0.923 bits per heavy atom. The fraction of sp³-hybridized carbons (Fsp3) is 0.400. The van der Waals surface area contributed by atoms with Crippen molar-refractivity contribution >= 4 is 17.7 Å². The Labute approximate surface area is 220 Å². The molecule has 0 heterocycles. The quantitative estimate of drug-likeness (QED) is 0.332. The van der Waals surface area contributed by atoms with Gasteiger partial charge in [-0.1, -0.05) is 18.2 Å². The van der Waals surface area contributed by atoms with Gasteiger partial charge in [0.2, 0.25) is 11.8 Å². The van der Waals surface area contributed by atoms with E-state index in [1.54, 1.807) is 20.8 Å². The third-order valence-corrected chi connectivity index (χ3v) is 4.85. The average Bonchev–Trinajstić information content (AvgIpc) is 2.80. The third-order valence-electron chi connectivity index (χ3n) is 4.85. The molecule has 2 aromatic carbocycles. The lowest BCUT2D eigenvalue weighted by Gasteiger charge is -2.26. The lowest BCUT2D eigenvalue weighted by molar-refractivity contribution is -0.274. The van der Waals surface area contributed by atoms with Gasteiger partial charge in [-0.15, -0.1) is 13.2 Å². The first-order valence-corrected chi connectivity index (χ1v) is 11.6. The van der Waals surface area contributed by atoms with E-state index in [0.29, 0.717) is 11.6 Å². The molecule has 214 valence electrons. The summed E-state index contributed by atoms with van der Waals surface area (Å²) >= 11 is 0. The number of nitrogens with one attached hydrogen (secondary N) is 4. The molecule has 0 saturated carbocycles. The summed E-state index contributed by atoms with van der Waals surface area (Å²) in [6, 6.07) is 7.60. The highest BCUT2D eigenvalue weighted by atomic mass is 19.4. The number of benzene rings is 2. The van der Waals surface area contributed by atoms with E-state index in [0.717, 1.165) is 30.3 Å². The topological polar surface area (TPSA) is 109 Å². The first kappa shape index (κ1) is 31.4. The first-order chi connectivity index (χ1) is 17.9. The van der Waals surface area contributed by atoms with E-state index >= 15 is 0 Å². The molecule has 3 amide bonds. The van der Waals surface area contributed by atoms with Crippen LogP contribution in [0.5, 0.6) is 5.75 Å². The Kier molecular flexibility index (Phi) is 10.3. The number of alkyl halides is 6. The summed E-state index contributed by atoms with van der Waals surface area (Å²) in [4.78, 5) is 37.4. The summed E-state index contributed by atoms with van der Waals surface area (Å²) in [5.74, 6) is -2.64. The number of hydrogen-bond acceptors (Lipinski definition) is 5. The summed E-state index contributed by atoms with van der Waals surface area (Å²) in [5.41, 5.74) is -1.40. The lowest BCUT2D eigenvalue weighted by Crippen LogP contribution is -2.56. The molecule has 0 aliphatic heterocycles. The maximum atomic E-state index is 12.9. The van der Waals surface area contributed by atoms with Crippen LogP contribution < -0.4 is 26.0 Å². The summed E-state index contributed by atoms with van der Waals surface area (Å²) in [6.45, 7) is 4.59. The van der Waals surface area contributed by atoms with E-state index < -0.39 is 59.7 Å². The SMILES string of the molecule is CC(C)(C)NC(=O)[C@H](CNCc1ccc(OC(F)(F)F)cc1)NC(=O)CNC(=O)c1cccc(C(F)(F)F)c1. The highest BCUT2D eigenvalue weighted by Gasteiger charge is 2.32.